The summed E-state index contributed by atoms with van der Waals surface area (Å²) in [6, 6.07) is 8.22. The zero-order chi connectivity index (χ0) is 24.5. The number of nitrogens with two attached hydrogens (primary N) is 1. The number of hydrogen-bond acceptors (Lipinski definition) is 6. The molecule has 0 spiro atoms. The average Bonchev–Trinajstić information content (AvgIpc) is 3.18. The van der Waals surface area contributed by atoms with Gasteiger partial charge in [0.2, 0.25) is 17.8 Å². The number of hydrogen-bond donors (Lipinski definition) is 4. The highest BCUT2D eigenvalue weighted by atomic mass is 35.5. The maximum Gasteiger partial charge on any atom is 0.417 e. The van der Waals surface area contributed by atoms with Crippen molar-refractivity contribution in [1.29, 1.82) is 0 Å². The summed E-state index contributed by atoms with van der Waals surface area (Å²) in [5.41, 5.74) is 5.02. The first-order valence-corrected chi connectivity index (χ1v) is 12.1. The van der Waals surface area contributed by atoms with Crippen LogP contribution in [0.1, 0.15) is 18.4 Å². The number of aromatic nitrogens is 3. The first-order chi connectivity index (χ1) is 16.1. The maximum atomic E-state index is 13.9. The molecule has 1 aliphatic heterocycles. The average molecular weight is 513 g/mol. The summed E-state index contributed by atoms with van der Waals surface area (Å²) in [5, 5.41) is 11.4. The Bertz CT molecular complexity index is 1220. The van der Waals surface area contributed by atoms with E-state index in [-0.39, 0.29) is 45.6 Å². The molecule has 0 bridgehead atoms. The van der Waals surface area contributed by atoms with Crippen LogP contribution in [-0.4, -0.2) is 36.8 Å². The number of aromatic amines is 1. The van der Waals surface area contributed by atoms with E-state index >= 15 is 0 Å². The Balaban J connectivity index is 1.58. The van der Waals surface area contributed by atoms with Gasteiger partial charge >= 0.3 is 6.18 Å². The standard InChI is InChI=1S/C21H20ClF3N6O2S/c22-16-10-14(28-20-29-19(26)30-31-20)9-15(21(23,24)25)17(16)11-1-3-13(4-2-11)27-18(32)12-5-7-34(33)8-6-12/h1-4,9-10,12H,5-8H2,(H,27,32)(H4,26,28,29,30,31). The van der Waals surface area contributed by atoms with Crippen LogP contribution in [0.3, 0.4) is 0 Å². The number of amides is 1. The first kappa shape index (κ1) is 24.0. The van der Waals surface area contributed by atoms with E-state index < -0.39 is 22.5 Å². The number of nitrogen functional groups attached to an aromatic ring is 1. The van der Waals surface area contributed by atoms with Gasteiger partial charge in [-0.25, -0.2) is 5.10 Å². The number of H-pyrrole nitrogens is 1. The number of benzene rings is 2. The topological polar surface area (TPSA) is 126 Å². The minimum atomic E-state index is -4.69. The molecule has 8 nitrogen and oxygen atoms in total. The highest BCUT2D eigenvalue weighted by molar-refractivity contribution is 7.85. The van der Waals surface area contributed by atoms with E-state index in [2.05, 4.69) is 25.8 Å². The van der Waals surface area contributed by atoms with Gasteiger partial charge in [0.15, 0.2) is 0 Å². The molecule has 0 radical (unpaired) electrons. The number of anilines is 4. The summed E-state index contributed by atoms with van der Waals surface area (Å²) in [6.45, 7) is 0. The second-order valence-electron chi connectivity index (χ2n) is 7.74. The molecular weight excluding hydrogens is 493 g/mol. The van der Waals surface area contributed by atoms with Crippen LogP contribution in [0.4, 0.5) is 36.4 Å². The van der Waals surface area contributed by atoms with Crippen molar-refractivity contribution in [3.8, 4) is 11.1 Å². The second kappa shape index (κ2) is 9.63. The zero-order valence-electron chi connectivity index (χ0n) is 17.6. The summed E-state index contributed by atoms with van der Waals surface area (Å²) in [7, 11) is -0.876. The predicted octanol–water partition coefficient (Wildman–Crippen LogP) is 4.57. The Kier molecular flexibility index (Phi) is 6.80. The summed E-state index contributed by atoms with van der Waals surface area (Å²) < 4.78 is 53.2. The Morgan fingerprint density at radius 1 is 1.15 bits per heavy atom. The number of halogens is 4. The van der Waals surface area contributed by atoms with E-state index in [4.69, 9.17) is 17.3 Å². The molecule has 1 aromatic heterocycles. The number of carbonyl (C=O) groups is 1. The highest BCUT2D eigenvalue weighted by Gasteiger charge is 2.35. The van der Waals surface area contributed by atoms with Gasteiger partial charge in [0.1, 0.15) is 0 Å². The van der Waals surface area contributed by atoms with Gasteiger partial charge in [0.05, 0.1) is 10.6 Å². The minimum Gasteiger partial charge on any atom is -0.368 e. The van der Waals surface area contributed by atoms with Gasteiger partial charge in [-0.15, -0.1) is 5.10 Å². The van der Waals surface area contributed by atoms with E-state index in [1.165, 1.54) is 30.3 Å². The molecule has 3 aromatic rings. The van der Waals surface area contributed by atoms with Gasteiger partial charge in [-0.3, -0.25) is 9.00 Å². The van der Waals surface area contributed by atoms with Gasteiger partial charge in [0, 0.05) is 45.2 Å². The fourth-order valence-corrected chi connectivity index (χ4v) is 5.30. The third kappa shape index (κ3) is 5.50. The molecule has 2 aromatic carbocycles. The van der Waals surface area contributed by atoms with Crippen molar-refractivity contribution in [3.63, 3.8) is 0 Å². The number of nitrogens with one attached hydrogen (secondary N) is 3. The number of alkyl halides is 3. The quantitative estimate of drug-likeness (QED) is 0.397. The van der Waals surface area contributed by atoms with Crippen molar-refractivity contribution in [1.82, 2.24) is 15.2 Å². The summed E-state index contributed by atoms with van der Waals surface area (Å²) in [6.07, 6.45) is -3.60. The molecular formula is C21H20ClF3N6O2S. The lowest BCUT2D eigenvalue weighted by Crippen LogP contribution is -2.29. The van der Waals surface area contributed by atoms with E-state index in [0.29, 0.717) is 30.0 Å². The van der Waals surface area contributed by atoms with Crippen molar-refractivity contribution in [3.05, 3.63) is 47.0 Å². The lowest BCUT2D eigenvalue weighted by molar-refractivity contribution is -0.137. The SMILES string of the molecule is Nc1nc(Nc2cc(Cl)c(-c3ccc(NC(=O)C4CCS(=O)CC4)cc3)c(C(F)(F)F)c2)n[nH]1. The van der Waals surface area contributed by atoms with Crippen LogP contribution in [0, 0.1) is 5.92 Å². The van der Waals surface area contributed by atoms with E-state index in [1.807, 2.05) is 0 Å². The molecule has 0 unspecified atom stereocenters. The molecule has 5 N–H and O–H groups in total. The van der Waals surface area contributed by atoms with Gasteiger partial charge in [-0.1, -0.05) is 23.7 Å². The van der Waals surface area contributed by atoms with Crippen molar-refractivity contribution in [2.24, 2.45) is 5.92 Å². The normalized spacial score (nSPS) is 18.5. The number of carbonyl (C=O) groups excluding carboxylic acids is 1. The molecule has 1 fully saturated rings. The smallest absolute Gasteiger partial charge is 0.368 e. The van der Waals surface area contributed by atoms with Gasteiger partial charge < -0.3 is 16.4 Å². The summed E-state index contributed by atoms with van der Waals surface area (Å²) in [4.78, 5) is 16.3. The van der Waals surface area contributed by atoms with Crippen LogP contribution < -0.4 is 16.4 Å². The molecule has 1 amide bonds. The number of nitrogens with zero attached hydrogens (tertiary/aromatic N) is 2. The Morgan fingerprint density at radius 3 is 2.41 bits per heavy atom. The summed E-state index contributed by atoms with van der Waals surface area (Å²) in [5.74, 6) is 0.559. The van der Waals surface area contributed by atoms with Crippen LogP contribution >= 0.6 is 11.6 Å². The molecule has 0 atom stereocenters. The number of rotatable bonds is 5. The van der Waals surface area contributed by atoms with Gasteiger partial charge in [0.25, 0.3) is 0 Å². The van der Waals surface area contributed by atoms with Crippen molar-refractivity contribution in [2.45, 2.75) is 19.0 Å². The third-order valence-electron chi connectivity index (χ3n) is 5.35. The monoisotopic (exact) mass is 512 g/mol. The molecule has 13 heteroatoms. The van der Waals surface area contributed by atoms with Crippen LogP contribution in [0.25, 0.3) is 11.1 Å². The lowest BCUT2D eigenvalue weighted by Gasteiger charge is -2.21. The molecule has 1 aliphatic rings. The molecule has 2 heterocycles. The van der Waals surface area contributed by atoms with Crippen LogP contribution in [0.5, 0.6) is 0 Å². The molecule has 0 aliphatic carbocycles. The maximum absolute atomic E-state index is 13.9. The molecule has 1 saturated heterocycles. The van der Waals surface area contributed by atoms with E-state index in [1.54, 1.807) is 0 Å². The third-order valence-corrected chi connectivity index (χ3v) is 7.03. The fourth-order valence-electron chi connectivity index (χ4n) is 3.68. The Hall–Kier alpha value is -3.12. The van der Waals surface area contributed by atoms with Gasteiger partial charge in [-0.2, -0.15) is 18.2 Å². The second-order valence-corrected chi connectivity index (χ2v) is 9.84. The lowest BCUT2D eigenvalue weighted by atomic mass is 9.97. The Labute approximate surface area is 199 Å². The van der Waals surface area contributed by atoms with E-state index in [0.717, 1.165) is 6.07 Å². The molecule has 34 heavy (non-hydrogen) atoms. The highest BCUT2D eigenvalue weighted by Crippen LogP contribution is 2.43. The van der Waals surface area contributed by atoms with Crippen LogP contribution in [0.15, 0.2) is 36.4 Å². The molecule has 180 valence electrons. The van der Waals surface area contributed by atoms with E-state index in [9.17, 15) is 22.2 Å². The predicted molar refractivity (Wildman–Crippen MR) is 125 cm³/mol. The fraction of sp³-hybridized carbons (Fsp3) is 0.286. The van der Waals surface area contributed by atoms with Gasteiger partial charge in [-0.05, 0) is 42.7 Å². The van der Waals surface area contributed by atoms with Crippen LogP contribution in [-0.2, 0) is 21.8 Å². The van der Waals surface area contributed by atoms with Crippen molar-refractivity contribution in [2.75, 3.05) is 27.9 Å². The largest absolute Gasteiger partial charge is 0.417 e. The molecule has 0 saturated carbocycles. The summed E-state index contributed by atoms with van der Waals surface area (Å²) >= 11 is 6.28. The minimum absolute atomic E-state index is 0.00116. The van der Waals surface area contributed by atoms with Crippen molar-refractivity contribution < 1.29 is 22.2 Å². The molecule has 4 rings (SSSR count). The Morgan fingerprint density at radius 2 is 1.82 bits per heavy atom. The zero-order valence-corrected chi connectivity index (χ0v) is 19.2. The first-order valence-electron chi connectivity index (χ1n) is 10.2. The van der Waals surface area contributed by atoms with Crippen molar-refractivity contribution >= 4 is 51.6 Å². The van der Waals surface area contributed by atoms with Crippen LogP contribution in [0.2, 0.25) is 5.02 Å².